The molecule has 0 unspecified atom stereocenters. The first-order valence-electron chi connectivity index (χ1n) is 4.43. The predicted molar refractivity (Wildman–Crippen MR) is 60.1 cm³/mol. The summed E-state index contributed by atoms with van der Waals surface area (Å²) in [5.41, 5.74) is 0.437. The van der Waals surface area contributed by atoms with Crippen molar-refractivity contribution in [1.82, 2.24) is 0 Å². The van der Waals surface area contributed by atoms with Crippen molar-refractivity contribution in [3.63, 3.8) is 0 Å². The minimum atomic E-state index is -0.398. The second-order valence-corrected chi connectivity index (χ2v) is 3.86. The van der Waals surface area contributed by atoms with Crippen molar-refractivity contribution in [2.24, 2.45) is 0 Å². The van der Waals surface area contributed by atoms with E-state index in [1.165, 1.54) is 13.2 Å². The van der Waals surface area contributed by atoms with E-state index in [0.29, 0.717) is 5.56 Å². The van der Waals surface area contributed by atoms with E-state index in [4.69, 9.17) is 23.2 Å². The van der Waals surface area contributed by atoms with Gasteiger partial charge in [0.1, 0.15) is 10.8 Å². The van der Waals surface area contributed by atoms with E-state index >= 15 is 0 Å². The van der Waals surface area contributed by atoms with Gasteiger partial charge in [0.15, 0.2) is 5.75 Å². The van der Waals surface area contributed by atoms with Gasteiger partial charge < -0.3 is 14.9 Å². The fourth-order valence-electron chi connectivity index (χ4n) is 1.18. The van der Waals surface area contributed by atoms with Crippen molar-refractivity contribution in [1.29, 1.82) is 0 Å². The molecule has 6 heteroatoms. The lowest BCUT2D eigenvalue weighted by Gasteiger charge is -2.08. The molecule has 0 atom stereocenters. The molecule has 0 aliphatic rings. The molecule has 16 heavy (non-hydrogen) atoms. The normalized spacial score (nSPS) is 10.2. The Balaban J connectivity index is 2.93. The molecular formula is C10H10Cl2O4. The summed E-state index contributed by atoms with van der Waals surface area (Å²) < 4.78 is 4.46. The third kappa shape index (κ3) is 2.71. The van der Waals surface area contributed by atoms with Gasteiger partial charge >= 0.3 is 5.97 Å². The minimum Gasteiger partial charge on any atom is -0.506 e. The quantitative estimate of drug-likeness (QED) is 0.824. The summed E-state index contributed by atoms with van der Waals surface area (Å²) >= 11 is 11.4. The van der Waals surface area contributed by atoms with Gasteiger partial charge in [0, 0.05) is 6.42 Å². The van der Waals surface area contributed by atoms with Crippen LogP contribution in [-0.2, 0) is 16.0 Å². The minimum absolute atomic E-state index is 0.0340. The van der Waals surface area contributed by atoms with Gasteiger partial charge in [0.25, 0.3) is 0 Å². The molecule has 1 aromatic rings. The summed E-state index contributed by atoms with van der Waals surface area (Å²) in [5.74, 6) is -1.06. The molecule has 4 nitrogen and oxygen atoms in total. The lowest BCUT2D eigenvalue weighted by atomic mass is 10.1. The van der Waals surface area contributed by atoms with Gasteiger partial charge in [-0.05, 0) is 18.1 Å². The van der Waals surface area contributed by atoms with Crippen LogP contribution in [0.4, 0.5) is 0 Å². The van der Waals surface area contributed by atoms with E-state index < -0.39 is 5.97 Å². The highest BCUT2D eigenvalue weighted by molar-refractivity contribution is 6.38. The highest BCUT2D eigenvalue weighted by Crippen LogP contribution is 2.41. The Morgan fingerprint density at radius 1 is 1.38 bits per heavy atom. The molecule has 0 amide bonds. The SMILES string of the molecule is COC(=O)CCc1cc(O)c(Cl)c(O)c1Cl. The summed E-state index contributed by atoms with van der Waals surface area (Å²) in [6.07, 6.45) is 0.362. The standard InChI is InChI=1S/C10H10Cl2O4/c1-16-7(14)3-2-5-4-6(13)9(12)10(15)8(5)11/h4,13,15H,2-3H2,1H3. The molecule has 2 N–H and O–H groups in total. The molecule has 0 radical (unpaired) electrons. The maximum Gasteiger partial charge on any atom is 0.305 e. The first-order chi connectivity index (χ1) is 7.47. The number of hydrogen-bond donors (Lipinski definition) is 2. The zero-order valence-electron chi connectivity index (χ0n) is 8.46. The zero-order chi connectivity index (χ0) is 12.3. The Morgan fingerprint density at radius 3 is 2.56 bits per heavy atom. The van der Waals surface area contributed by atoms with E-state index in [-0.39, 0.29) is 34.4 Å². The molecule has 0 fully saturated rings. The Morgan fingerprint density at radius 2 is 2.00 bits per heavy atom. The van der Waals surface area contributed by atoms with Gasteiger partial charge in [-0.15, -0.1) is 0 Å². The summed E-state index contributed by atoms with van der Waals surface area (Å²) in [6, 6.07) is 1.31. The second-order valence-electron chi connectivity index (χ2n) is 3.11. The van der Waals surface area contributed by atoms with Crippen molar-refractivity contribution in [3.8, 4) is 11.5 Å². The molecule has 0 spiro atoms. The van der Waals surface area contributed by atoms with Crippen LogP contribution in [0.25, 0.3) is 0 Å². The maximum atomic E-state index is 10.9. The smallest absolute Gasteiger partial charge is 0.305 e. The van der Waals surface area contributed by atoms with Crippen LogP contribution in [0.15, 0.2) is 6.07 Å². The number of aryl methyl sites for hydroxylation is 1. The van der Waals surface area contributed by atoms with Crippen LogP contribution >= 0.6 is 23.2 Å². The molecule has 0 saturated heterocycles. The number of benzene rings is 1. The van der Waals surface area contributed by atoms with Crippen LogP contribution in [0.3, 0.4) is 0 Å². The van der Waals surface area contributed by atoms with Crippen LogP contribution < -0.4 is 0 Å². The Labute approximate surface area is 102 Å². The number of rotatable bonds is 3. The number of carbonyl (C=O) groups is 1. The van der Waals surface area contributed by atoms with Gasteiger partial charge in [0.2, 0.25) is 0 Å². The third-order valence-corrected chi connectivity index (χ3v) is 2.85. The summed E-state index contributed by atoms with van der Waals surface area (Å²) in [6.45, 7) is 0. The van der Waals surface area contributed by atoms with E-state index in [1.807, 2.05) is 0 Å². The predicted octanol–water partition coefficient (Wildman–Crippen LogP) is 2.51. The van der Waals surface area contributed by atoms with Gasteiger partial charge in [0.05, 0.1) is 12.1 Å². The molecular weight excluding hydrogens is 255 g/mol. The van der Waals surface area contributed by atoms with Gasteiger partial charge in [-0.3, -0.25) is 4.79 Å². The van der Waals surface area contributed by atoms with E-state index in [0.717, 1.165) is 0 Å². The largest absolute Gasteiger partial charge is 0.506 e. The summed E-state index contributed by atoms with van der Waals surface area (Å²) in [5, 5.41) is 18.6. The van der Waals surface area contributed by atoms with Gasteiger partial charge in [-0.1, -0.05) is 23.2 Å². The number of carbonyl (C=O) groups excluding carboxylic acids is 1. The van der Waals surface area contributed by atoms with Crippen molar-refractivity contribution in [3.05, 3.63) is 21.7 Å². The number of aromatic hydroxyl groups is 2. The zero-order valence-corrected chi connectivity index (χ0v) is 9.97. The van der Waals surface area contributed by atoms with E-state index in [1.54, 1.807) is 0 Å². The van der Waals surface area contributed by atoms with Crippen LogP contribution in [0, 0.1) is 0 Å². The van der Waals surface area contributed by atoms with Crippen LogP contribution in [0.5, 0.6) is 11.5 Å². The highest BCUT2D eigenvalue weighted by Gasteiger charge is 2.15. The van der Waals surface area contributed by atoms with E-state index in [9.17, 15) is 15.0 Å². The number of methoxy groups -OCH3 is 1. The average molecular weight is 265 g/mol. The molecule has 0 heterocycles. The fraction of sp³-hybridized carbons (Fsp3) is 0.300. The molecule has 0 bridgehead atoms. The highest BCUT2D eigenvalue weighted by atomic mass is 35.5. The number of ether oxygens (including phenoxy) is 1. The number of phenols is 2. The first-order valence-corrected chi connectivity index (χ1v) is 5.18. The number of halogens is 2. The molecule has 0 aromatic heterocycles. The Hall–Kier alpha value is -1.13. The lowest BCUT2D eigenvalue weighted by Crippen LogP contribution is -2.02. The van der Waals surface area contributed by atoms with Crippen molar-refractivity contribution < 1.29 is 19.7 Å². The summed E-state index contributed by atoms with van der Waals surface area (Å²) in [4.78, 5) is 10.9. The van der Waals surface area contributed by atoms with Crippen LogP contribution in [0.1, 0.15) is 12.0 Å². The third-order valence-electron chi connectivity index (χ3n) is 2.06. The fourth-order valence-corrected chi connectivity index (χ4v) is 1.62. The molecule has 0 aliphatic carbocycles. The molecule has 1 rings (SSSR count). The van der Waals surface area contributed by atoms with Gasteiger partial charge in [-0.2, -0.15) is 0 Å². The Bertz CT molecular complexity index is 418. The molecule has 1 aromatic carbocycles. The second kappa shape index (κ2) is 5.27. The number of phenolic OH excluding ortho intramolecular Hbond substituents is 2. The number of hydrogen-bond acceptors (Lipinski definition) is 4. The van der Waals surface area contributed by atoms with Crippen molar-refractivity contribution >= 4 is 29.2 Å². The van der Waals surface area contributed by atoms with Crippen LogP contribution in [0.2, 0.25) is 10.0 Å². The molecule has 0 aliphatic heterocycles. The van der Waals surface area contributed by atoms with Crippen molar-refractivity contribution in [2.45, 2.75) is 12.8 Å². The molecule has 0 saturated carbocycles. The van der Waals surface area contributed by atoms with Crippen LogP contribution in [-0.4, -0.2) is 23.3 Å². The molecule has 88 valence electrons. The van der Waals surface area contributed by atoms with Crippen molar-refractivity contribution in [2.75, 3.05) is 7.11 Å². The van der Waals surface area contributed by atoms with Gasteiger partial charge in [-0.25, -0.2) is 0 Å². The first kappa shape index (κ1) is 12.9. The topological polar surface area (TPSA) is 66.8 Å². The average Bonchev–Trinajstić information content (AvgIpc) is 2.28. The number of esters is 1. The maximum absolute atomic E-state index is 10.9. The van der Waals surface area contributed by atoms with E-state index in [2.05, 4.69) is 4.74 Å². The Kier molecular flexibility index (Phi) is 4.26. The summed E-state index contributed by atoms with van der Waals surface area (Å²) in [7, 11) is 1.28. The lowest BCUT2D eigenvalue weighted by molar-refractivity contribution is -0.140. The monoisotopic (exact) mass is 264 g/mol.